The van der Waals surface area contributed by atoms with E-state index < -0.39 is 0 Å². The zero-order chi connectivity index (χ0) is 14.5. The normalized spacial score (nSPS) is 23.6. The summed E-state index contributed by atoms with van der Waals surface area (Å²) in [5, 5.41) is 2.86. The zero-order valence-corrected chi connectivity index (χ0v) is 12.2. The third kappa shape index (κ3) is 4.30. The summed E-state index contributed by atoms with van der Waals surface area (Å²) in [6, 6.07) is 5.79. The van der Waals surface area contributed by atoms with Crippen LogP contribution in [0, 0.1) is 17.7 Å². The van der Waals surface area contributed by atoms with Crippen molar-refractivity contribution in [1.82, 2.24) is 10.2 Å². The molecule has 1 fully saturated rings. The third-order valence-electron chi connectivity index (χ3n) is 3.74. The van der Waals surface area contributed by atoms with Crippen LogP contribution >= 0.6 is 0 Å². The number of nitrogens with one attached hydrogen (secondary N) is 1. The van der Waals surface area contributed by atoms with Gasteiger partial charge in [-0.2, -0.15) is 0 Å². The first-order valence-corrected chi connectivity index (χ1v) is 7.30. The summed E-state index contributed by atoms with van der Waals surface area (Å²) in [5.41, 5.74) is 0.380. The van der Waals surface area contributed by atoms with Crippen LogP contribution in [-0.2, 0) is 0 Å². The maximum Gasteiger partial charge on any atom is 0.251 e. The number of carbonyl (C=O) groups is 1. The molecule has 1 aromatic rings. The van der Waals surface area contributed by atoms with Gasteiger partial charge in [0, 0.05) is 31.7 Å². The molecule has 3 nitrogen and oxygen atoms in total. The Morgan fingerprint density at radius 2 is 2.05 bits per heavy atom. The van der Waals surface area contributed by atoms with Crippen LogP contribution in [0.25, 0.3) is 0 Å². The number of hydrogen-bond acceptors (Lipinski definition) is 2. The predicted molar refractivity (Wildman–Crippen MR) is 78.1 cm³/mol. The lowest BCUT2D eigenvalue weighted by Crippen LogP contribution is -2.42. The Morgan fingerprint density at radius 1 is 1.35 bits per heavy atom. The van der Waals surface area contributed by atoms with Gasteiger partial charge < -0.3 is 10.2 Å². The molecule has 1 amide bonds. The molecule has 4 heteroatoms. The van der Waals surface area contributed by atoms with E-state index in [0.717, 1.165) is 31.5 Å². The molecule has 0 bridgehead atoms. The number of amides is 1. The summed E-state index contributed by atoms with van der Waals surface area (Å²) in [7, 11) is 0. The van der Waals surface area contributed by atoms with Gasteiger partial charge in [0.05, 0.1) is 0 Å². The number of likely N-dealkylation sites (tertiary alicyclic amines) is 1. The molecule has 1 aliphatic heterocycles. The fraction of sp³-hybridized carbons (Fsp3) is 0.562. The van der Waals surface area contributed by atoms with E-state index in [9.17, 15) is 9.18 Å². The highest BCUT2D eigenvalue weighted by molar-refractivity contribution is 5.94. The molecule has 0 aromatic heterocycles. The number of hydrogen-bond donors (Lipinski definition) is 1. The van der Waals surface area contributed by atoms with Crippen LogP contribution in [0.5, 0.6) is 0 Å². The van der Waals surface area contributed by atoms with E-state index in [1.165, 1.54) is 18.6 Å². The van der Waals surface area contributed by atoms with Gasteiger partial charge in [0.2, 0.25) is 0 Å². The molecule has 1 N–H and O–H groups in total. The molecule has 1 aliphatic rings. The molecule has 0 spiro atoms. The molecular formula is C16H23FN2O. The van der Waals surface area contributed by atoms with Gasteiger partial charge in [0.25, 0.3) is 5.91 Å². The van der Waals surface area contributed by atoms with E-state index in [0.29, 0.717) is 12.1 Å². The van der Waals surface area contributed by atoms with Gasteiger partial charge in [0.15, 0.2) is 0 Å². The summed E-state index contributed by atoms with van der Waals surface area (Å²) in [6.45, 7) is 8.20. The lowest BCUT2D eigenvalue weighted by atomic mass is 9.92. The minimum absolute atomic E-state index is 0.206. The Kier molecular flexibility index (Phi) is 5.12. The Bertz CT molecular complexity index is 454. The molecule has 0 radical (unpaired) electrons. The molecular weight excluding hydrogens is 255 g/mol. The highest BCUT2D eigenvalue weighted by atomic mass is 19.1. The lowest BCUT2D eigenvalue weighted by molar-refractivity contribution is 0.0936. The van der Waals surface area contributed by atoms with Crippen LogP contribution in [0.1, 0.15) is 30.6 Å². The molecule has 0 unspecified atom stereocenters. The second-order valence-corrected chi connectivity index (χ2v) is 5.97. The van der Waals surface area contributed by atoms with Crippen molar-refractivity contribution in [2.75, 3.05) is 26.2 Å². The summed E-state index contributed by atoms with van der Waals surface area (Å²) >= 11 is 0. The number of benzene rings is 1. The summed E-state index contributed by atoms with van der Waals surface area (Å²) in [6.07, 6.45) is 1.28. The highest BCUT2D eigenvalue weighted by Gasteiger charge is 2.21. The van der Waals surface area contributed by atoms with E-state index in [2.05, 4.69) is 24.1 Å². The minimum atomic E-state index is -0.378. The Hall–Kier alpha value is -1.42. The van der Waals surface area contributed by atoms with Crippen molar-refractivity contribution < 1.29 is 9.18 Å². The summed E-state index contributed by atoms with van der Waals surface area (Å²) in [4.78, 5) is 14.3. The first-order chi connectivity index (χ1) is 9.54. The van der Waals surface area contributed by atoms with Gasteiger partial charge in [-0.15, -0.1) is 0 Å². The van der Waals surface area contributed by atoms with Gasteiger partial charge in [-0.05, 0) is 36.5 Å². The summed E-state index contributed by atoms with van der Waals surface area (Å²) < 4.78 is 13.0. The van der Waals surface area contributed by atoms with Crippen LogP contribution < -0.4 is 5.32 Å². The second kappa shape index (κ2) is 6.84. The van der Waals surface area contributed by atoms with Gasteiger partial charge in [-0.3, -0.25) is 4.79 Å². The predicted octanol–water partition coefficient (Wildman–Crippen LogP) is 2.53. The van der Waals surface area contributed by atoms with Crippen molar-refractivity contribution in [2.24, 2.45) is 11.8 Å². The molecule has 20 heavy (non-hydrogen) atoms. The topological polar surface area (TPSA) is 32.3 Å². The number of carbonyl (C=O) groups excluding carboxylic acids is 1. The van der Waals surface area contributed by atoms with Gasteiger partial charge in [-0.1, -0.05) is 19.9 Å². The third-order valence-corrected chi connectivity index (χ3v) is 3.74. The maximum absolute atomic E-state index is 13.0. The van der Waals surface area contributed by atoms with Crippen molar-refractivity contribution in [3.8, 4) is 0 Å². The average Bonchev–Trinajstić information content (AvgIpc) is 2.37. The van der Waals surface area contributed by atoms with Crippen LogP contribution in [-0.4, -0.2) is 37.0 Å². The molecule has 2 rings (SSSR count). The van der Waals surface area contributed by atoms with Crippen LogP contribution in [0.2, 0.25) is 0 Å². The van der Waals surface area contributed by atoms with Gasteiger partial charge in [0.1, 0.15) is 5.82 Å². The first-order valence-electron chi connectivity index (χ1n) is 7.30. The van der Waals surface area contributed by atoms with Gasteiger partial charge in [-0.25, -0.2) is 4.39 Å². The monoisotopic (exact) mass is 278 g/mol. The Labute approximate surface area is 120 Å². The zero-order valence-electron chi connectivity index (χ0n) is 12.2. The van der Waals surface area contributed by atoms with Gasteiger partial charge >= 0.3 is 0 Å². The number of nitrogens with zero attached hydrogens (tertiary/aromatic N) is 1. The SMILES string of the molecule is C[C@@H]1C[C@@H](C)CN(CCNC(=O)c2cccc(F)c2)C1. The van der Waals surface area contributed by atoms with E-state index in [1.807, 2.05) is 0 Å². The fourth-order valence-corrected chi connectivity index (χ4v) is 3.03. The van der Waals surface area contributed by atoms with Crippen molar-refractivity contribution in [2.45, 2.75) is 20.3 Å². The molecule has 0 aliphatic carbocycles. The number of halogens is 1. The maximum atomic E-state index is 13.0. The molecule has 1 heterocycles. The van der Waals surface area contributed by atoms with E-state index >= 15 is 0 Å². The first kappa shape index (κ1) is 15.0. The largest absolute Gasteiger partial charge is 0.351 e. The molecule has 1 aromatic carbocycles. The minimum Gasteiger partial charge on any atom is -0.351 e. The van der Waals surface area contributed by atoms with E-state index in [-0.39, 0.29) is 11.7 Å². The van der Waals surface area contributed by atoms with E-state index in [4.69, 9.17) is 0 Å². The highest BCUT2D eigenvalue weighted by Crippen LogP contribution is 2.20. The van der Waals surface area contributed by atoms with Crippen molar-refractivity contribution in [1.29, 1.82) is 0 Å². The van der Waals surface area contributed by atoms with Crippen molar-refractivity contribution >= 4 is 5.91 Å². The molecule has 110 valence electrons. The Balaban J connectivity index is 1.77. The molecule has 2 atom stereocenters. The smallest absolute Gasteiger partial charge is 0.251 e. The van der Waals surface area contributed by atoms with Crippen LogP contribution in [0.3, 0.4) is 0 Å². The number of piperidine rings is 1. The van der Waals surface area contributed by atoms with E-state index in [1.54, 1.807) is 12.1 Å². The number of rotatable bonds is 4. The van der Waals surface area contributed by atoms with Crippen LogP contribution in [0.4, 0.5) is 4.39 Å². The Morgan fingerprint density at radius 3 is 2.70 bits per heavy atom. The quantitative estimate of drug-likeness (QED) is 0.918. The standard InChI is InChI=1S/C16H23FN2O/c1-12-8-13(2)11-19(10-12)7-6-18-16(20)14-4-3-5-15(17)9-14/h3-5,9,12-13H,6-8,10-11H2,1-2H3,(H,18,20)/t12-,13-/m1/s1. The molecule has 0 saturated carbocycles. The van der Waals surface area contributed by atoms with Crippen LogP contribution in [0.15, 0.2) is 24.3 Å². The second-order valence-electron chi connectivity index (χ2n) is 5.97. The fourth-order valence-electron chi connectivity index (χ4n) is 3.03. The van der Waals surface area contributed by atoms with Crippen molar-refractivity contribution in [3.05, 3.63) is 35.6 Å². The molecule has 1 saturated heterocycles. The lowest BCUT2D eigenvalue weighted by Gasteiger charge is -2.34. The summed E-state index contributed by atoms with van der Waals surface area (Å²) in [5.74, 6) is 0.856. The van der Waals surface area contributed by atoms with Crippen molar-refractivity contribution in [3.63, 3.8) is 0 Å². The average molecular weight is 278 g/mol.